The van der Waals surface area contributed by atoms with Gasteiger partial charge in [-0.1, -0.05) is 12.2 Å². The van der Waals surface area contributed by atoms with Crippen molar-refractivity contribution in [3.05, 3.63) is 24.0 Å². The molecular formula is C12H18N2OS. The van der Waals surface area contributed by atoms with Crippen LogP contribution >= 0.6 is 12.2 Å². The number of nitrogens with zero attached hydrogens (tertiary/aromatic N) is 1. The molecule has 1 fully saturated rings. The molecule has 3 nitrogen and oxygen atoms in total. The highest BCUT2D eigenvalue weighted by Gasteiger charge is 2.24. The standard InChI is InChI=1S/C12H18N2OS/c1-15-10-5-2-4-9(8-10)14-7-3-6-11(14)12(13)16/h3,6-7,9-10H,2,4-5,8H2,1H3,(H2,13,16). The second kappa shape index (κ2) is 4.97. The molecule has 0 saturated heterocycles. The van der Waals surface area contributed by atoms with Crippen LogP contribution in [-0.4, -0.2) is 22.8 Å². The first-order valence-electron chi connectivity index (χ1n) is 5.72. The summed E-state index contributed by atoms with van der Waals surface area (Å²) in [7, 11) is 1.79. The minimum atomic E-state index is 0.375. The van der Waals surface area contributed by atoms with Crippen molar-refractivity contribution in [2.45, 2.75) is 37.8 Å². The Bertz CT molecular complexity index is 375. The van der Waals surface area contributed by atoms with Gasteiger partial charge in [-0.25, -0.2) is 0 Å². The number of nitrogens with two attached hydrogens (primary N) is 1. The lowest BCUT2D eigenvalue weighted by molar-refractivity contribution is 0.0530. The summed E-state index contributed by atoms with van der Waals surface area (Å²) in [5.74, 6) is 0. The number of hydrogen-bond donors (Lipinski definition) is 1. The maximum absolute atomic E-state index is 5.71. The van der Waals surface area contributed by atoms with Gasteiger partial charge in [0.1, 0.15) is 4.99 Å². The molecule has 0 aromatic carbocycles. The van der Waals surface area contributed by atoms with E-state index < -0.39 is 0 Å². The molecule has 1 saturated carbocycles. The van der Waals surface area contributed by atoms with Crippen LogP contribution in [0, 0.1) is 0 Å². The molecule has 2 unspecified atom stereocenters. The molecule has 1 heterocycles. The van der Waals surface area contributed by atoms with Crippen LogP contribution in [-0.2, 0) is 4.74 Å². The Morgan fingerprint density at radius 1 is 1.56 bits per heavy atom. The molecular weight excluding hydrogens is 220 g/mol. The molecule has 0 aliphatic heterocycles. The van der Waals surface area contributed by atoms with E-state index in [-0.39, 0.29) is 0 Å². The number of hydrogen-bond acceptors (Lipinski definition) is 2. The summed E-state index contributed by atoms with van der Waals surface area (Å²) in [5.41, 5.74) is 6.68. The molecule has 2 atom stereocenters. The fourth-order valence-electron chi connectivity index (χ4n) is 2.51. The normalized spacial score (nSPS) is 25.6. The van der Waals surface area contributed by atoms with Gasteiger partial charge >= 0.3 is 0 Å². The third kappa shape index (κ3) is 2.28. The van der Waals surface area contributed by atoms with E-state index in [1.807, 2.05) is 12.1 Å². The van der Waals surface area contributed by atoms with Crippen molar-refractivity contribution in [1.29, 1.82) is 0 Å². The van der Waals surface area contributed by atoms with Gasteiger partial charge < -0.3 is 15.0 Å². The van der Waals surface area contributed by atoms with E-state index in [0.29, 0.717) is 17.1 Å². The molecule has 16 heavy (non-hydrogen) atoms. The molecule has 2 N–H and O–H groups in total. The zero-order valence-electron chi connectivity index (χ0n) is 9.56. The molecule has 0 amide bonds. The Balaban J connectivity index is 2.16. The highest BCUT2D eigenvalue weighted by molar-refractivity contribution is 7.80. The quantitative estimate of drug-likeness (QED) is 0.821. The van der Waals surface area contributed by atoms with Crippen molar-refractivity contribution in [3.8, 4) is 0 Å². The number of methoxy groups -OCH3 is 1. The van der Waals surface area contributed by atoms with Gasteiger partial charge in [0.25, 0.3) is 0 Å². The van der Waals surface area contributed by atoms with E-state index in [4.69, 9.17) is 22.7 Å². The lowest BCUT2D eigenvalue weighted by Gasteiger charge is -2.30. The first-order valence-corrected chi connectivity index (χ1v) is 6.12. The Kier molecular flexibility index (Phi) is 3.61. The SMILES string of the molecule is COC1CCCC(n2cccc2C(N)=S)C1. The zero-order valence-corrected chi connectivity index (χ0v) is 10.4. The summed E-state index contributed by atoms with van der Waals surface area (Å²) in [6.45, 7) is 0. The fourth-order valence-corrected chi connectivity index (χ4v) is 2.68. The Labute approximate surface area is 102 Å². The van der Waals surface area contributed by atoms with Gasteiger partial charge in [0.2, 0.25) is 0 Å². The molecule has 2 rings (SSSR count). The predicted molar refractivity (Wildman–Crippen MR) is 68.6 cm³/mol. The van der Waals surface area contributed by atoms with Crippen LogP contribution in [0.5, 0.6) is 0 Å². The van der Waals surface area contributed by atoms with Gasteiger partial charge in [-0.05, 0) is 37.8 Å². The number of ether oxygens (including phenoxy) is 1. The van der Waals surface area contributed by atoms with Gasteiger partial charge in [0.05, 0.1) is 11.8 Å². The largest absolute Gasteiger partial charge is 0.388 e. The van der Waals surface area contributed by atoms with Crippen LogP contribution in [0.3, 0.4) is 0 Å². The molecule has 0 radical (unpaired) electrons. The van der Waals surface area contributed by atoms with Crippen molar-refractivity contribution < 1.29 is 4.74 Å². The molecule has 4 heteroatoms. The summed E-state index contributed by atoms with van der Waals surface area (Å²) < 4.78 is 7.64. The summed E-state index contributed by atoms with van der Waals surface area (Å²) in [5, 5.41) is 0. The highest BCUT2D eigenvalue weighted by Crippen LogP contribution is 2.31. The third-order valence-electron chi connectivity index (χ3n) is 3.36. The van der Waals surface area contributed by atoms with Gasteiger partial charge in [-0.15, -0.1) is 0 Å². The molecule has 1 aromatic heterocycles. The summed E-state index contributed by atoms with van der Waals surface area (Å²) in [4.78, 5) is 0.476. The van der Waals surface area contributed by atoms with E-state index in [9.17, 15) is 0 Å². The van der Waals surface area contributed by atoms with Gasteiger partial charge in [0, 0.05) is 19.3 Å². The second-order valence-corrected chi connectivity index (χ2v) is 4.78. The van der Waals surface area contributed by atoms with Crippen LogP contribution < -0.4 is 5.73 Å². The molecule has 1 aliphatic rings. The lowest BCUT2D eigenvalue weighted by Crippen LogP contribution is -2.26. The second-order valence-electron chi connectivity index (χ2n) is 4.34. The van der Waals surface area contributed by atoms with Gasteiger partial charge in [-0.3, -0.25) is 0 Å². The number of thiocarbonyl (C=S) groups is 1. The highest BCUT2D eigenvalue weighted by atomic mass is 32.1. The lowest BCUT2D eigenvalue weighted by atomic mass is 9.92. The van der Waals surface area contributed by atoms with Crippen LogP contribution in [0.2, 0.25) is 0 Å². The van der Waals surface area contributed by atoms with Crippen LogP contribution in [0.4, 0.5) is 0 Å². The Hall–Kier alpha value is -0.870. The average Bonchev–Trinajstić information content (AvgIpc) is 2.78. The average molecular weight is 238 g/mol. The van der Waals surface area contributed by atoms with Crippen molar-refractivity contribution >= 4 is 17.2 Å². The predicted octanol–water partition coefficient (Wildman–Crippen LogP) is 2.25. The summed E-state index contributed by atoms with van der Waals surface area (Å²) in [6, 6.07) is 4.47. The minimum Gasteiger partial charge on any atom is -0.388 e. The van der Waals surface area contributed by atoms with E-state index in [2.05, 4.69) is 10.8 Å². The Morgan fingerprint density at radius 3 is 3.06 bits per heavy atom. The van der Waals surface area contributed by atoms with Crippen molar-refractivity contribution in [2.75, 3.05) is 7.11 Å². The Morgan fingerprint density at radius 2 is 2.38 bits per heavy atom. The first kappa shape index (κ1) is 11.6. The van der Waals surface area contributed by atoms with Gasteiger partial charge in [0.15, 0.2) is 0 Å². The summed E-state index contributed by atoms with van der Waals surface area (Å²) in [6.07, 6.45) is 7.05. The molecule has 0 bridgehead atoms. The van der Waals surface area contributed by atoms with Crippen LogP contribution in [0.15, 0.2) is 18.3 Å². The molecule has 1 aliphatic carbocycles. The smallest absolute Gasteiger partial charge is 0.120 e. The summed E-state index contributed by atoms with van der Waals surface area (Å²) >= 11 is 5.06. The van der Waals surface area contributed by atoms with Crippen molar-refractivity contribution in [3.63, 3.8) is 0 Å². The molecule has 88 valence electrons. The molecule has 1 aromatic rings. The first-order chi connectivity index (χ1) is 7.72. The maximum Gasteiger partial charge on any atom is 0.120 e. The van der Waals surface area contributed by atoms with E-state index >= 15 is 0 Å². The maximum atomic E-state index is 5.71. The van der Waals surface area contributed by atoms with Crippen LogP contribution in [0.1, 0.15) is 37.4 Å². The molecule has 0 spiro atoms. The minimum absolute atomic E-state index is 0.375. The topological polar surface area (TPSA) is 40.2 Å². The number of rotatable bonds is 3. The van der Waals surface area contributed by atoms with Crippen molar-refractivity contribution in [2.24, 2.45) is 5.73 Å². The zero-order chi connectivity index (χ0) is 11.5. The van der Waals surface area contributed by atoms with E-state index in [1.54, 1.807) is 7.11 Å². The fraction of sp³-hybridized carbons (Fsp3) is 0.583. The number of aromatic nitrogens is 1. The third-order valence-corrected chi connectivity index (χ3v) is 3.57. The monoisotopic (exact) mass is 238 g/mol. The van der Waals surface area contributed by atoms with Crippen LogP contribution in [0.25, 0.3) is 0 Å². The van der Waals surface area contributed by atoms with E-state index in [1.165, 1.54) is 12.8 Å². The van der Waals surface area contributed by atoms with Crippen molar-refractivity contribution in [1.82, 2.24) is 4.57 Å². The van der Waals surface area contributed by atoms with E-state index in [0.717, 1.165) is 18.5 Å². The van der Waals surface area contributed by atoms with Gasteiger partial charge in [-0.2, -0.15) is 0 Å².